The van der Waals surface area contributed by atoms with Crippen molar-refractivity contribution in [3.05, 3.63) is 23.9 Å². The van der Waals surface area contributed by atoms with E-state index in [2.05, 4.69) is 11.1 Å². The van der Waals surface area contributed by atoms with Gasteiger partial charge in [-0.3, -0.25) is 0 Å². The number of anilines is 1. The fraction of sp³-hybridized carbons (Fsp3) is 0.375. The molecule has 1 radical (unpaired) electrons. The summed E-state index contributed by atoms with van der Waals surface area (Å²) >= 11 is 0. The molecule has 0 saturated heterocycles. The van der Waals surface area contributed by atoms with E-state index in [-0.39, 0.29) is 0 Å². The van der Waals surface area contributed by atoms with Crippen LogP contribution in [-0.4, -0.2) is 4.98 Å². The predicted molar refractivity (Wildman–Crippen MR) is 39.5 cm³/mol. The van der Waals surface area contributed by atoms with Crippen molar-refractivity contribution in [2.45, 2.75) is 18.8 Å². The van der Waals surface area contributed by atoms with Gasteiger partial charge in [0, 0.05) is 11.8 Å². The predicted octanol–water partition coefficient (Wildman–Crippen LogP) is 1.34. The maximum Gasteiger partial charge on any atom is 0.127 e. The average molecular weight is 133 g/mol. The van der Waals surface area contributed by atoms with Gasteiger partial charge in [-0.05, 0) is 30.9 Å². The topological polar surface area (TPSA) is 38.9 Å². The fourth-order valence-corrected chi connectivity index (χ4v) is 1.09. The van der Waals surface area contributed by atoms with Gasteiger partial charge in [-0.2, -0.15) is 0 Å². The van der Waals surface area contributed by atoms with Crippen LogP contribution in [0.3, 0.4) is 0 Å². The Morgan fingerprint density at radius 2 is 2.40 bits per heavy atom. The van der Waals surface area contributed by atoms with Gasteiger partial charge in [0.05, 0.1) is 0 Å². The van der Waals surface area contributed by atoms with Gasteiger partial charge in [0.1, 0.15) is 5.82 Å². The van der Waals surface area contributed by atoms with E-state index < -0.39 is 0 Å². The SMILES string of the molecule is Nc1ncc[c]c1C1CC1. The molecule has 0 atom stereocenters. The highest BCUT2D eigenvalue weighted by Gasteiger charge is 2.25. The Kier molecular flexibility index (Phi) is 1.13. The molecular formula is C8H9N2. The summed E-state index contributed by atoms with van der Waals surface area (Å²) < 4.78 is 0. The van der Waals surface area contributed by atoms with Crippen molar-refractivity contribution in [2.75, 3.05) is 5.73 Å². The molecule has 1 aromatic heterocycles. The van der Waals surface area contributed by atoms with Crippen LogP contribution < -0.4 is 5.73 Å². The highest BCUT2D eigenvalue weighted by molar-refractivity contribution is 5.42. The molecule has 0 bridgehead atoms. The van der Waals surface area contributed by atoms with Crippen molar-refractivity contribution < 1.29 is 0 Å². The maximum absolute atomic E-state index is 5.62. The van der Waals surface area contributed by atoms with Gasteiger partial charge in [-0.25, -0.2) is 4.98 Å². The summed E-state index contributed by atoms with van der Waals surface area (Å²) in [7, 11) is 0. The third-order valence-electron chi connectivity index (χ3n) is 1.79. The summed E-state index contributed by atoms with van der Waals surface area (Å²) in [6.07, 6.45) is 4.19. The van der Waals surface area contributed by atoms with Crippen molar-refractivity contribution in [1.82, 2.24) is 4.98 Å². The standard InChI is InChI=1S/C8H9N2/c9-8-7(6-3-4-6)2-1-5-10-8/h1,5-6H,3-4H2,(H2,9,10). The van der Waals surface area contributed by atoms with Crippen LogP contribution in [0.2, 0.25) is 0 Å². The van der Waals surface area contributed by atoms with Crippen LogP contribution in [-0.2, 0) is 0 Å². The Morgan fingerprint density at radius 1 is 1.60 bits per heavy atom. The second kappa shape index (κ2) is 1.97. The van der Waals surface area contributed by atoms with Gasteiger partial charge >= 0.3 is 0 Å². The normalized spacial score (nSPS) is 17.2. The van der Waals surface area contributed by atoms with Gasteiger partial charge in [-0.15, -0.1) is 0 Å². The molecule has 0 unspecified atom stereocenters. The first-order valence-electron chi connectivity index (χ1n) is 3.50. The summed E-state index contributed by atoms with van der Waals surface area (Å²) in [6, 6.07) is 4.93. The van der Waals surface area contributed by atoms with Crippen molar-refractivity contribution in [3.8, 4) is 0 Å². The molecule has 10 heavy (non-hydrogen) atoms. The van der Waals surface area contributed by atoms with E-state index in [1.165, 1.54) is 12.8 Å². The molecule has 0 amide bonds. The lowest BCUT2D eigenvalue weighted by atomic mass is 10.2. The molecule has 1 aromatic rings. The maximum atomic E-state index is 5.62. The van der Waals surface area contributed by atoms with E-state index >= 15 is 0 Å². The van der Waals surface area contributed by atoms with Gasteiger partial charge in [0.2, 0.25) is 0 Å². The van der Waals surface area contributed by atoms with Gasteiger partial charge < -0.3 is 5.73 Å². The lowest BCUT2D eigenvalue weighted by molar-refractivity contribution is 1.10. The van der Waals surface area contributed by atoms with E-state index in [9.17, 15) is 0 Å². The number of nitrogens with two attached hydrogens (primary N) is 1. The van der Waals surface area contributed by atoms with E-state index in [1.54, 1.807) is 6.20 Å². The number of aromatic nitrogens is 1. The van der Waals surface area contributed by atoms with Crippen molar-refractivity contribution in [2.24, 2.45) is 0 Å². The molecule has 1 aliphatic carbocycles. The molecule has 2 N–H and O–H groups in total. The largest absolute Gasteiger partial charge is 0.383 e. The number of hydrogen-bond donors (Lipinski definition) is 1. The zero-order chi connectivity index (χ0) is 6.97. The van der Waals surface area contributed by atoms with E-state index in [1.807, 2.05) is 6.07 Å². The average Bonchev–Trinajstić information content (AvgIpc) is 2.71. The number of hydrogen-bond acceptors (Lipinski definition) is 2. The molecule has 0 aliphatic heterocycles. The molecule has 1 aliphatic rings. The molecule has 1 saturated carbocycles. The highest BCUT2D eigenvalue weighted by atomic mass is 14.8. The van der Waals surface area contributed by atoms with Crippen LogP contribution in [0.1, 0.15) is 24.3 Å². The number of nitrogen functional groups attached to an aromatic ring is 1. The summed E-state index contributed by atoms with van der Waals surface area (Å²) in [5.41, 5.74) is 6.73. The quantitative estimate of drug-likeness (QED) is 0.627. The molecular weight excluding hydrogens is 124 g/mol. The first-order valence-corrected chi connectivity index (χ1v) is 3.50. The monoisotopic (exact) mass is 133 g/mol. The van der Waals surface area contributed by atoms with E-state index in [0.717, 1.165) is 5.56 Å². The Balaban J connectivity index is 2.39. The van der Waals surface area contributed by atoms with Crippen LogP contribution in [0, 0.1) is 6.07 Å². The third-order valence-corrected chi connectivity index (χ3v) is 1.79. The third kappa shape index (κ3) is 0.856. The van der Waals surface area contributed by atoms with Gasteiger partial charge in [-0.1, -0.05) is 0 Å². The van der Waals surface area contributed by atoms with E-state index in [4.69, 9.17) is 5.73 Å². The first-order chi connectivity index (χ1) is 4.88. The molecule has 0 aromatic carbocycles. The summed E-state index contributed by atoms with van der Waals surface area (Å²) in [5.74, 6) is 1.32. The minimum absolute atomic E-state index is 0.657. The second-order valence-electron chi connectivity index (χ2n) is 2.66. The van der Waals surface area contributed by atoms with Crippen LogP contribution >= 0.6 is 0 Å². The van der Waals surface area contributed by atoms with Crippen LogP contribution in [0.15, 0.2) is 12.3 Å². The zero-order valence-corrected chi connectivity index (χ0v) is 5.67. The zero-order valence-electron chi connectivity index (χ0n) is 5.67. The molecule has 1 heterocycles. The highest BCUT2D eigenvalue weighted by Crippen LogP contribution is 2.41. The Bertz CT molecular complexity index is 241. The first kappa shape index (κ1) is 5.71. The lowest BCUT2D eigenvalue weighted by Gasteiger charge is -1.98. The molecule has 0 spiro atoms. The van der Waals surface area contributed by atoms with E-state index in [0.29, 0.717) is 11.7 Å². The fourth-order valence-electron chi connectivity index (χ4n) is 1.09. The summed E-state index contributed by atoms with van der Waals surface area (Å²) in [5, 5.41) is 0. The minimum atomic E-state index is 0.657. The smallest absolute Gasteiger partial charge is 0.127 e. The Hall–Kier alpha value is -1.05. The van der Waals surface area contributed by atoms with Crippen molar-refractivity contribution >= 4 is 5.82 Å². The number of nitrogens with zero attached hydrogens (tertiary/aromatic N) is 1. The van der Waals surface area contributed by atoms with Crippen LogP contribution in [0.4, 0.5) is 5.82 Å². The van der Waals surface area contributed by atoms with Crippen LogP contribution in [0.5, 0.6) is 0 Å². The lowest BCUT2D eigenvalue weighted by Crippen LogP contribution is -1.94. The van der Waals surface area contributed by atoms with Gasteiger partial charge in [0.25, 0.3) is 0 Å². The van der Waals surface area contributed by atoms with Gasteiger partial charge in [0.15, 0.2) is 0 Å². The van der Waals surface area contributed by atoms with Crippen molar-refractivity contribution in [1.29, 1.82) is 0 Å². The summed E-state index contributed by atoms with van der Waals surface area (Å²) in [6.45, 7) is 0. The minimum Gasteiger partial charge on any atom is -0.383 e. The Labute approximate surface area is 60.1 Å². The molecule has 2 rings (SSSR count). The second-order valence-corrected chi connectivity index (χ2v) is 2.66. The van der Waals surface area contributed by atoms with Crippen LogP contribution in [0.25, 0.3) is 0 Å². The van der Waals surface area contributed by atoms with Crippen molar-refractivity contribution in [3.63, 3.8) is 0 Å². The molecule has 2 heteroatoms. The Morgan fingerprint density at radius 3 is 3.00 bits per heavy atom. The number of pyridine rings is 1. The summed E-state index contributed by atoms with van der Waals surface area (Å²) in [4.78, 5) is 3.99. The molecule has 2 nitrogen and oxygen atoms in total. The number of rotatable bonds is 1. The molecule has 1 fully saturated rings. The molecule has 51 valence electrons.